The van der Waals surface area contributed by atoms with Crippen molar-refractivity contribution in [3.8, 4) is 0 Å². The molecule has 0 fully saturated rings. The molecule has 0 radical (unpaired) electrons. The van der Waals surface area contributed by atoms with Gasteiger partial charge in [0, 0.05) is 0 Å². The van der Waals surface area contributed by atoms with Crippen molar-refractivity contribution in [3.05, 3.63) is 60.5 Å². The average molecular weight is 485 g/mol. The molecule has 0 amide bonds. The normalized spacial score (nSPS) is 25.3. The molecule has 1 unspecified atom stereocenters. The zero-order valence-corrected chi connectivity index (χ0v) is 20.3. The fraction of sp³-hybridized carbons (Fsp3) is 0.478. The van der Waals surface area contributed by atoms with Crippen LogP contribution in [0.4, 0.5) is 0 Å². The van der Waals surface area contributed by atoms with E-state index >= 15 is 0 Å². The Morgan fingerprint density at radius 1 is 0.792 bits per heavy atom. The fourth-order valence-corrected chi connectivity index (χ4v) is 12.4. The third-order valence-electron chi connectivity index (χ3n) is 6.49. The van der Waals surface area contributed by atoms with Gasteiger partial charge in [-0.2, -0.15) is 0 Å². The van der Waals surface area contributed by atoms with Gasteiger partial charge < -0.3 is 0 Å². The van der Waals surface area contributed by atoms with Crippen molar-refractivity contribution in [1.82, 2.24) is 0 Å². The molecule has 2 aliphatic carbocycles. The summed E-state index contributed by atoms with van der Waals surface area (Å²) < 4.78 is 2.12. The third kappa shape index (κ3) is 2.42. The zero-order valence-electron chi connectivity index (χ0n) is 16.7. The Hall–Kier alpha value is -0.690. The molecule has 0 spiro atoms. The molecule has 2 aliphatic rings. The van der Waals surface area contributed by atoms with E-state index < -0.39 is 22.9 Å². The summed E-state index contributed by atoms with van der Waals surface area (Å²) in [5.74, 6) is 0. The SMILES string of the molecule is CC1=C[C](C)([Hf][C]2=C(C)C(C)=C(C)C2(C)C)c2c(C)ccc(C)c21. The Labute approximate surface area is 159 Å². The number of aryl methyl sites for hydroxylation is 2. The standard InChI is InChI=1S/C13H15.C10H15.Hf/c1-8-5-6-9(2)13-11(4)7-10(3)12(8)13;1-7-6-10(4,5)9(3)8(7)2;/h5-7H,1-4H3;1-5H3;. The Kier molecular flexibility index (Phi) is 4.27. The first-order valence-corrected chi connectivity index (χ1v) is 12.6. The summed E-state index contributed by atoms with van der Waals surface area (Å²) in [7, 11) is 0. The molecule has 3 rings (SSSR count). The van der Waals surface area contributed by atoms with Crippen molar-refractivity contribution in [1.29, 1.82) is 0 Å². The number of rotatable bonds is 2. The van der Waals surface area contributed by atoms with Crippen molar-refractivity contribution >= 4 is 5.57 Å². The van der Waals surface area contributed by atoms with Crippen LogP contribution >= 0.6 is 0 Å². The molecule has 0 nitrogen and oxygen atoms in total. The number of hydrogen-bond acceptors (Lipinski definition) is 0. The second-order valence-electron chi connectivity index (χ2n) is 8.48. The van der Waals surface area contributed by atoms with E-state index in [0.717, 1.165) is 0 Å². The van der Waals surface area contributed by atoms with Crippen LogP contribution in [0.3, 0.4) is 0 Å². The van der Waals surface area contributed by atoms with Crippen molar-refractivity contribution in [2.24, 2.45) is 5.41 Å². The molecule has 126 valence electrons. The van der Waals surface area contributed by atoms with Gasteiger partial charge in [-0.05, 0) is 0 Å². The molecule has 0 aliphatic heterocycles. The van der Waals surface area contributed by atoms with Gasteiger partial charge in [-0.25, -0.2) is 0 Å². The average Bonchev–Trinajstić information content (AvgIpc) is 2.84. The van der Waals surface area contributed by atoms with Crippen molar-refractivity contribution < 1.29 is 22.9 Å². The summed E-state index contributed by atoms with van der Waals surface area (Å²) >= 11 is -1.10. The molecular formula is C23H30Hf. The first-order valence-electron chi connectivity index (χ1n) is 8.99. The van der Waals surface area contributed by atoms with E-state index in [2.05, 4.69) is 80.5 Å². The number of allylic oxidation sites excluding steroid dienone is 6. The number of fused-ring (bicyclic) bond motifs is 1. The molecule has 1 aromatic carbocycles. The van der Waals surface area contributed by atoms with Gasteiger partial charge in [0.15, 0.2) is 0 Å². The number of benzene rings is 1. The van der Waals surface area contributed by atoms with E-state index in [0.29, 0.717) is 3.17 Å². The molecule has 1 atom stereocenters. The monoisotopic (exact) mass is 486 g/mol. The van der Waals surface area contributed by atoms with Crippen LogP contribution in [0.25, 0.3) is 5.57 Å². The van der Waals surface area contributed by atoms with Gasteiger partial charge in [0.2, 0.25) is 0 Å². The maximum atomic E-state index is 2.61. The van der Waals surface area contributed by atoms with E-state index in [1.165, 1.54) is 16.7 Å². The minimum atomic E-state index is -1.10. The van der Waals surface area contributed by atoms with Gasteiger partial charge in [-0.3, -0.25) is 0 Å². The van der Waals surface area contributed by atoms with E-state index in [1.54, 1.807) is 27.8 Å². The maximum absolute atomic E-state index is 2.61. The van der Waals surface area contributed by atoms with Crippen LogP contribution in [0.1, 0.15) is 70.7 Å². The predicted octanol–water partition coefficient (Wildman–Crippen LogP) is 6.67. The summed E-state index contributed by atoms with van der Waals surface area (Å²) in [6, 6.07) is 4.63. The van der Waals surface area contributed by atoms with Gasteiger partial charge in [0.1, 0.15) is 0 Å². The van der Waals surface area contributed by atoms with Crippen LogP contribution < -0.4 is 0 Å². The van der Waals surface area contributed by atoms with Gasteiger partial charge in [-0.1, -0.05) is 0 Å². The Morgan fingerprint density at radius 3 is 1.92 bits per heavy atom. The first kappa shape index (κ1) is 18.1. The molecule has 0 N–H and O–H groups in total. The third-order valence-corrected chi connectivity index (χ3v) is 14.3. The molecule has 0 bridgehead atoms. The second-order valence-corrected chi connectivity index (χ2v) is 14.9. The molecule has 0 aromatic heterocycles. The Bertz CT molecular complexity index is 830. The topological polar surface area (TPSA) is 0 Å². The zero-order chi connectivity index (χ0) is 18.0. The summed E-state index contributed by atoms with van der Waals surface area (Å²) in [6.45, 7) is 21.4. The fourth-order valence-electron chi connectivity index (χ4n) is 4.77. The Balaban J connectivity index is 2.13. The van der Waals surface area contributed by atoms with Crippen LogP contribution in [-0.2, 0) is 26.1 Å². The van der Waals surface area contributed by atoms with E-state index in [1.807, 2.05) is 3.33 Å². The van der Waals surface area contributed by atoms with Crippen LogP contribution in [-0.4, -0.2) is 0 Å². The van der Waals surface area contributed by atoms with Gasteiger partial charge >= 0.3 is 160 Å². The summed E-state index contributed by atoms with van der Waals surface area (Å²) in [5, 5.41) is 0. The molecule has 0 heterocycles. The molecule has 1 heteroatoms. The van der Waals surface area contributed by atoms with Gasteiger partial charge in [0.25, 0.3) is 0 Å². The van der Waals surface area contributed by atoms with Crippen molar-refractivity contribution in [3.63, 3.8) is 0 Å². The van der Waals surface area contributed by atoms with Crippen LogP contribution in [0.2, 0.25) is 0 Å². The van der Waals surface area contributed by atoms with E-state index in [9.17, 15) is 0 Å². The van der Waals surface area contributed by atoms with Gasteiger partial charge in [0.05, 0.1) is 0 Å². The first-order chi connectivity index (χ1) is 11.0. The summed E-state index contributed by atoms with van der Waals surface area (Å²) in [6.07, 6.45) is 2.61. The second kappa shape index (κ2) is 5.66. The van der Waals surface area contributed by atoms with Gasteiger partial charge in [-0.15, -0.1) is 0 Å². The molecule has 24 heavy (non-hydrogen) atoms. The molecule has 1 aromatic rings. The van der Waals surface area contributed by atoms with E-state index in [4.69, 9.17) is 0 Å². The summed E-state index contributed by atoms with van der Waals surface area (Å²) in [5.41, 5.74) is 12.6. The molecular weight excluding hydrogens is 455 g/mol. The van der Waals surface area contributed by atoms with E-state index in [-0.39, 0.29) is 5.41 Å². The van der Waals surface area contributed by atoms with Crippen LogP contribution in [0.5, 0.6) is 0 Å². The minimum absolute atomic E-state index is 0.266. The molecule has 0 saturated heterocycles. The van der Waals surface area contributed by atoms with Crippen LogP contribution in [0.15, 0.2) is 38.3 Å². The van der Waals surface area contributed by atoms with Crippen molar-refractivity contribution in [2.75, 3.05) is 0 Å². The predicted molar refractivity (Wildman–Crippen MR) is 102 cm³/mol. The van der Waals surface area contributed by atoms with Crippen molar-refractivity contribution in [2.45, 2.75) is 65.5 Å². The van der Waals surface area contributed by atoms with Crippen LogP contribution in [0, 0.1) is 19.3 Å². The number of hydrogen-bond donors (Lipinski definition) is 0. The summed E-state index contributed by atoms with van der Waals surface area (Å²) in [4.78, 5) is 0. The quantitative estimate of drug-likeness (QED) is 0.411. The Morgan fingerprint density at radius 2 is 1.38 bits per heavy atom. The molecule has 0 saturated carbocycles.